The molecule has 1 aromatic heterocycles. The Morgan fingerprint density at radius 1 is 1.29 bits per heavy atom. The molecule has 1 saturated heterocycles. The lowest BCUT2D eigenvalue weighted by Gasteiger charge is -2.32. The minimum Gasteiger partial charge on any atom is -0.408 e. The zero-order chi connectivity index (χ0) is 17.3. The molecule has 2 heterocycles. The van der Waals surface area contributed by atoms with Crippen molar-refractivity contribution in [2.45, 2.75) is 4.90 Å². The van der Waals surface area contributed by atoms with Crippen molar-refractivity contribution in [2.75, 3.05) is 39.8 Å². The largest absolute Gasteiger partial charge is 0.417 e. The number of aromatic nitrogens is 1. The number of rotatable bonds is 4. The monoisotopic (exact) mass is 354 g/mol. The Morgan fingerprint density at radius 2 is 2.00 bits per heavy atom. The number of sulfonamides is 1. The minimum atomic E-state index is -3.87. The number of likely N-dealkylation sites (N-methyl/N-ethyl adjacent to an activating group) is 1. The molecule has 0 bridgehead atoms. The SMILES string of the molecule is CN1CCN(C(=O)CNS(=O)(=O)c2ccc3[nH]c(=O)oc3c2)CC1. The summed E-state index contributed by atoms with van der Waals surface area (Å²) in [6, 6.07) is 4.03. The van der Waals surface area contributed by atoms with Gasteiger partial charge in [-0.1, -0.05) is 0 Å². The first-order chi connectivity index (χ1) is 11.3. The number of nitrogens with one attached hydrogen (secondary N) is 2. The van der Waals surface area contributed by atoms with Crippen LogP contribution < -0.4 is 10.5 Å². The van der Waals surface area contributed by atoms with Crippen molar-refractivity contribution in [1.29, 1.82) is 0 Å². The van der Waals surface area contributed by atoms with E-state index >= 15 is 0 Å². The smallest absolute Gasteiger partial charge is 0.408 e. The van der Waals surface area contributed by atoms with E-state index in [9.17, 15) is 18.0 Å². The maximum Gasteiger partial charge on any atom is 0.417 e. The number of oxazole rings is 1. The number of hydrogen-bond donors (Lipinski definition) is 2. The van der Waals surface area contributed by atoms with Crippen molar-refractivity contribution in [3.05, 3.63) is 28.7 Å². The lowest BCUT2D eigenvalue weighted by atomic mass is 10.3. The first-order valence-corrected chi connectivity index (χ1v) is 8.92. The first-order valence-electron chi connectivity index (χ1n) is 7.44. The molecule has 2 aromatic rings. The Morgan fingerprint density at radius 3 is 2.71 bits per heavy atom. The topological polar surface area (TPSA) is 116 Å². The number of carbonyl (C=O) groups is 1. The van der Waals surface area contributed by atoms with Crippen molar-refractivity contribution in [1.82, 2.24) is 19.5 Å². The van der Waals surface area contributed by atoms with Crippen molar-refractivity contribution in [3.63, 3.8) is 0 Å². The molecule has 1 aliphatic rings. The predicted molar refractivity (Wildman–Crippen MR) is 86.1 cm³/mol. The summed E-state index contributed by atoms with van der Waals surface area (Å²) in [5.41, 5.74) is 0.556. The lowest BCUT2D eigenvalue weighted by molar-refractivity contribution is -0.131. The Hall–Kier alpha value is -2.17. The molecule has 130 valence electrons. The maximum absolute atomic E-state index is 12.3. The fourth-order valence-corrected chi connectivity index (χ4v) is 3.49. The number of benzene rings is 1. The number of hydrogen-bond acceptors (Lipinski definition) is 6. The average molecular weight is 354 g/mol. The Balaban J connectivity index is 1.68. The molecule has 0 atom stereocenters. The third-order valence-electron chi connectivity index (χ3n) is 3.97. The van der Waals surface area contributed by atoms with E-state index in [-0.39, 0.29) is 22.9 Å². The third kappa shape index (κ3) is 3.50. The number of amides is 1. The van der Waals surface area contributed by atoms with E-state index < -0.39 is 15.8 Å². The van der Waals surface area contributed by atoms with Gasteiger partial charge in [0.05, 0.1) is 17.0 Å². The van der Waals surface area contributed by atoms with Crippen molar-refractivity contribution < 1.29 is 17.6 Å². The Labute approximate surface area is 138 Å². The number of nitrogens with zero attached hydrogens (tertiary/aromatic N) is 2. The van der Waals surface area contributed by atoms with Gasteiger partial charge in [0.1, 0.15) is 0 Å². The van der Waals surface area contributed by atoms with Gasteiger partial charge in [-0.15, -0.1) is 0 Å². The Kier molecular flexibility index (Phi) is 4.43. The van der Waals surface area contributed by atoms with Crippen LogP contribution in [0.3, 0.4) is 0 Å². The van der Waals surface area contributed by atoms with Crippen LogP contribution in [0.1, 0.15) is 0 Å². The lowest BCUT2D eigenvalue weighted by Crippen LogP contribution is -2.50. The summed E-state index contributed by atoms with van der Waals surface area (Å²) in [5.74, 6) is -0.918. The van der Waals surface area contributed by atoms with Gasteiger partial charge in [0, 0.05) is 32.2 Å². The van der Waals surface area contributed by atoms with Crippen molar-refractivity contribution >= 4 is 27.0 Å². The number of fused-ring (bicyclic) bond motifs is 1. The average Bonchev–Trinajstić information content (AvgIpc) is 2.92. The number of H-pyrrole nitrogens is 1. The fraction of sp³-hybridized carbons (Fsp3) is 0.429. The maximum atomic E-state index is 12.3. The molecule has 1 amide bonds. The zero-order valence-corrected chi connectivity index (χ0v) is 13.9. The number of piperazine rings is 1. The second-order valence-electron chi connectivity index (χ2n) is 5.68. The molecule has 1 fully saturated rings. The summed E-state index contributed by atoms with van der Waals surface area (Å²) in [6.07, 6.45) is 0. The van der Waals surface area contributed by atoms with Crippen molar-refractivity contribution in [3.8, 4) is 0 Å². The van der Waals surface area contributed by atoms with Crippen LogP contribution in [0.15, 0.2) is 32.3 Å². The quantitative estimate of drug-likeness (QED) is 0.741. The summed E-state index contributed by atoms with van der Waals surface area (Å²) in [7, 11) is -1.90. The fourth-order valence-electron chi connectivity index (χ4n) is 2.50. The highest BCUT2D eigenvalue weighted by Gasteiger charge is 2.22. The van der Waals surface area contributed by atoms with E-state index in [1.807, 2.05) is 7.05 Å². The molecule has 9 nitrogen and oxygen atoms in total. The van der Waals surface area contributed by atoms with Gasteiger partial charge in [0.2, 0.25) is 15.9 Å². The van der Waals surface area contributed by atoms with Gasteiger partial charge < -0.3 is 14.2 Å². The van der Waals surface area contributed by atoms with Crippen LogP contribution in [0.4, 0.5) is 0 Å². The van der Waals surface area contributed by atoms with E-state index in [1.54, 1.807) is 4.90 Å². The molecule has 0 radical (unpaired) electrons. The summed E-state index contributed by atoms with van der Waals surface area (Å²) in [5, 5.41) is 0. The summed E-state index contributed by atoms with van der Waals surface area (Å²) in [4.78, 5) is 29.3. The molecular formula is C14H18N4O5S. The molecular weight excluding hydrogens is 336 g/mol. The molecule has 24 heavy (non-hydrogen) atoms. The highest BCUT2D eigenvalue weighted by atomic mass is 32.2. The number of aromatic amines is 1. The summed E-state index contributed by atoms with van der Waals surface area (Å²) in [6.45, 7) is 2.39. The standard InChI is InChI=1S/C14H18N4O5S/c1-17-4-6-18(7-5-17)13(19)9-15-24(21,22)10-2-3-11-12(8-10)23-14(20)16-11/h2-3,8,15H,4-7,9H2,1H3,(H,16,20). The molecule has 3 rings (SSSR count). The van der Waals surface area contributed by atoms with Gasteiger partial charge in [-0.05, 0) is 19.2 Å². The van der Waals surface area contributed by atoms with E-state index in [4.69, 9.17) is 4.42 Å². The molecule has 1 aromatic carbocycles. The van der Waals surface area contributed by atoms with Gasteiger partial charge in [0.15, 0.2) is 5.58 Å². The third-order valence-corrected chi connectivity index (χ3v) is 5.37. The van der Waals surface area contributed by atoms with Gasteiger partial charge >= 0.3 is 5.76 Å². The minimum absolute atomic E-state index is 0.0658. The van der Waals surface area contributed by atoms with E-state index in [0.29, 0.717) is 18.6 Å². The van der Waals surface area contributed by atoms with Gasteiger partial charge in [-0.2, -0.15) is 0 Å². The summed E-state index contributed by atoms with van der Waals surface area (Å²) >= 11 is 0. The van der Waals surface area contributed by atoms with Crippen LogP contribution in [0.5, 0.6) is 0 Å². The molecule has 0 aliphatic carbocycles. The van der Waals surface area contributed by atoms with E-state index in [2.05, 4.69) is 14.6 Å². The van der Waals surface area contributed by atoms with Crippen LogP contribution in [0, 0.1) is 0 Å². The van der Waals surface area contributed by atoms with Crippen molar-refractivity contribution in [2.24, 2.45) is 0 Å². The molecule has 0 spiro atoms. The molecule has 0 unspecified atom stereocenters. The number of carbonyl (C=O) groups excluding carboxylic acids is 1. The van der Waals surface area contributed by atoms with Gasteiger partial charge in [-0.25, -0.2) is 17.9 Å². The second kappa shape index (κ2) is 6.38. The van der Waals surface area contributed by atoms with E-state index in [0.717, 1.165) is 13.1 Å². The second-order valence-corrected chi connectivity index (χ2v) is 7.45. The Bertz CT molecular complexity index is 909. The van der Waals surface area contributed by atoms with Gasteiger partial charge in [-0.3, -0.25) is 9.78 Å². The molecule has 2 N–H and O–H groups in total. The zero-order valence-electron chi connectivity index (χ0n) is 13.1. The van der Waals surface area contributed by atoms with E-state index in [1.165, 1.54) is 18.2 Å². The first kappa shape index (κ1) is 16.7. The normalized spacial score (nSPS) is 16.6. The highest BCUT2D eigenvalue weighted by molar-refractivity contribution is 7.89. The summed E-state index contributed by atoms with van der Waals surface area (Å²) < 4.78 is 31.7. The highest BCUT2D eigenvalue weighted by Crippen LogP contribution is 2.16. The predicted octanol–water partition coefficient (Wildman–Crippen LogP) is -0.827. The van der Waals surface area contributed by atoms with Crippen LogP contribution in [-0.4, -0.2) is 68.9 Å². The van der Waals surface area contributed by atoms with Crippen LogP contribution in [0.25, 0.3) is 11.1 Å². The van der Waals surface area contributed by atoms with Crippen LogP contribution >= 0.6 is 0 Å². The van der Waals surface area contributed by atoms with Crippen LogP contribution in [-0.2, 0) is 14.8 Å². The van der Waals surface area contributed by atoms with Crippen LogP contribution in [0.2, 0.25) is 0 Å². The molecule has 0 saturated carbocycles. The molecule has 1 aliphatic heterocycles. The molecule has 10 heteroatoms. The van der Waals surface area contributed by atoms with Gasteiger partial charge in [0.25, 0.3) is 0 Å².